The number of anilines is 1. The fraction of sp³-hybridized carbons (Fsp3) is 0.267. The Morgan fingerprint density at radius 2 is 2.05 bits per heavy atom. The first-order valence-corrected chi connectivity index (χ1v) is 8.90. The molecule has 1 unspecified atom stereocenters. The lowest BCUT2D eigenvalue weighted by molar-refractivity contribution is -0.116. The van der Waals surface area contributed by atoms with E-state index in [9.17, 15) is 9.00 Å². The van der Waals surface area contributed by atoms with Crippen LogP contribution in [0, 0.1) is 0 Å². The molecule has 2 rings (SSSR count). The number of thiophene rings is 1. The number of carbonyl (C=O) groups is 1. The number of amides is 1. The molecule has 0 spiro atoms. The van der Waals surface area contributed by atoms with Crippen LogP contribution in [0.2, 0.25) is 0 Å². The average Bonchev–Trinajstić information content (AvgIpc) is 3.02. The van der Waals surface area contributed by atoms with Crippen molar-refractivity contribution in [1.82, 2.24) is 0 Å². The highest BCUT2D eigenvalue weighted by atomic mass is 32.2. The second-order valence-electron chi connectivity index (χ2n) is 4.49. The number of hydrogen-bond acceptors (Lipinski definition) is 4. The van der Waals surface area contributed by atoms with Gasteiger partial charge in [-0.2, -0.15) is 0 Å². The zero-order chi connectivity index (χ0) is 15.1. The van der Waals surface area contributed by atoms with Crippen LogP contribution in [0.1, 0.15) is 18.4 Å². The minimum atomic E-state index is -1.00. The van der Waals surface area contributed by atoms with E-state index in [4.69, 9.17) is 5.73 Å². The van der Waals surface area contributed by atoms with Gasteiger partial charge in [-0.25, -0.2) is 0 Å². The molecule has 1 aromatic carbocycles. The Labute approximate surface area is 130 Å². The maximum atomic E-state index is 11.9. The van der Waals surface area contributed by atoms with Crippen LogP contribution in [0.25, 0.3) is 0 Å². The van der Waals surface area contributed by atoms with Gasteiger partial charge in [0.25, 0.3) is 0 Å². The molecule has 0 aliphatic carbocycles. The van der Waals surface area contributed by atoms with Gasteiger partial charge >= 0.3 is 0 Å². The van der Waals surface area contributed by atoms with Gasteiger partial charge in [-0.3, -0.25) is 9.00 Å². The van der Waals surface area contributed by atoms with Crippen LogP contribution < -0.4 is 11.1 Å². The predicted molar refractivity (Wildman–Crippen MR) is 87.8 cm³/mol. The zero-order valence-corrected chi connectivity index (χ0v) is 13.2. The van der Waals surface area contributed by atoms with Crippen LogP contribution in [-0.2, 0) is 22.1 Å². The molecular weight excluding hydrogens is 304 g/mol. The van der Waals surface area contributed by atoms with Gasteiger partial charge in [0.05, 0.1) is 15.0 Å². The van der Waals surface area contributed by atoms with Crippen LogP contribution in [0.4, 0.5) is 5.69 Å². The Kier molecular flexibility index (Phi) is 6.10. The summed E-state index contributed by atoms with van der Waals surface area (Å²) in [5.74, 6) is 0.436. The number of nitrogens with one attached hydrogen (secondary N) is 1. The summed E-state index contributed by atoms with van der Waals surface area (Å²) in [6, 6.07) is 11.2. The van der Waals surface area contributed by atoms with Crippen molar-refractivity contribution in [3.63, 3.8) is 0 Å². The summed E-state index contributed by atoms with van der Waals surface area (Å²) in [5, 5.41) is 4.76. The topological polar surface area (TPSA) is 72.2 Å². The SMILES string of the molecule is NCc1ccccc1NC(=O)CCCS(=O)c1cccs1. The van der Waals surface area contributed by atoms with Crippen molar-refractivity contribution in [2.75, 3.05) is 11.1 Å². The van der Waals surface area contributed by atoms with E-state index in [2.05, 4.69) is 5.32 Å². The Hall–Kier alpha value is -1.50. The maximum absolute atomic E-state index is 11.9. The first kappa shape index (κ1) is 15.9. The monoisotopic (exact) mass is 322 g/mol. The molecule has 112 valence electrons. The quantitative estimate of drug-likeness (QED) is 0.823. The molecule has 4 nitrogen and oxygen atoms in total. The largest absolute Gasteiger partial charge is 0.326 e. The van der Waals surface area contributed by atoms with Crippen molar-refractivity contribution >= 4 is 33.7 Å². The summed E-state index contributed by atoms with van der Waals surface area (Å²) < 4.78 is 12.8. The minimum Gasteiger partial charge on any atom is -0.326 e. The number of nitrogens with two attached hydrogens (primary N) is 1. The van der Waals surface area contributed by atoms with Gasteiger partial charge in [-0.15, -0.1) is 11.3 Å². The molecular formula is C15H18N2O2S2. The molecule has 1 amide bonds. The third-order valence-electron chi connectivity index (χ3n) is 2.96. The van der Waals surface area contributed by atoms with E-state index >= 15 is 0 Å². The summed E-state index contributed by atoms with van der Waals surface area (Å²) in [5.41, 5.74) is 7.29. The molecule has 0 radical (unpaired) electrons. The van der Waals surface area contributed by atoms with Gasteiger partial charge in [-0.1, -0.05) is 24.3 Å². The van der Waals surface area contributed by atoms with E-state index in [0.717, 1.165) is 15.5 Å². The van der Waals surface area contributed by atoms with E-state index in [1.807, 2.05) is 41.8 Å². The van der Waals surface area contributed by atoms with Gasteiger partial charge in [-0.05, 0) is 29.5 Å². The van der Waals surface area contributed by atoms with Crippen molar-refractivity contribution in [3.8, 4) is 0 Å². The molecule has 0 saturated carbocycles. The van der Waals surface area contributed by atoms with Crippen molar-refractivity contribution in [1.29, 1.82) is 0 Å². The zero-order valence-electron chi connectivity index (χ0n) is 11.6. The summed E-state index contributed by atoms with van der Waals surface area (Å²) in [6.45, 7) is 0.388. The number of rotatable bonds is 7. The van der Waals surface area contributed by atoms with Crippen molar-refractivity contribution in [2.24, 2.45) is 5.73 Å². The van der Waals surface area contributed by atoms with Gasteiger partial charge in [0.2, 0.25) is 5.91 Å². The van der Waals surface area contributed by atoms with Crippen molar-refractivity contribution < 1.29 is 9.00 Å². The highest BCUT2D eigenvalue weighted by Crippen LogP contribution is 2.16. The number of hydrogen-bond donors (Lipinski definition) is 2. The maximum Gasteiger partial charge on any atom is 0.224 e. The van der Waals surface area contributed by atoms with Gasteiger partial charge in [0.15, 0.2) is 0 Å². The second-order valence-corrected chi connectivity index (χ2v) is 7.24. The van der Waals surface area contributed by atoms with E-state index in [1.54, 1.807) is 0 Å². The molecule has 3 N–H and O–H groups in total. The molecule has 0 bridgehead atoms. The molecule has 0 fully saturated rings. The van der Waals surface area contributed by atoms with Crippen LogP contribution in [0.5, 0.6) is 0 Å². The van der Waals surface area contributed by atoms with E-state index < -0.39 is 10.8 Å². The van der Waals surface area contributed by atoms with Crippen molar-refractivity contribution in [3.05, 3.63) is 47.3 Å². The van der Waals surface area contributed by atoms with Gasteiger partial charge < -0.3 is 11.1 Å². The molecule has 2 aromatic rings. The molecule has 1 aromatic heterocycles. The first-order chi connectivity index (χ1) is 10.2. The third-order valence-corrected chi connectivity index (χ3v) is 5.72. The average molecular weight is 322 g/mol. The Morgan fingerprint density at radius 3 is 2.76 bits per heavy atom. The molecule has 1 atom stereocenters. The Balaban J connectivity index is 1.79. The van der Waals surface area contributed by atoms with E-state index in [-0.39, 0.29) is 5.91 Å². The van der Waals surface area contributed by atoms with Crippen LogP contribution in [0.15, 0.2) is 46.0 Å². The first-order valence-electron chi connectivity index (χ1n) is 6.70. The summed E-state index contributed by atoms with van der Waals surface area (Å²) >= 11 is 1.48. The molecule has 21 heavy (non-hydrogen) atoms. The molecule has 0 saturated heterocycles. The summed E-state index contributed by atoms with van der Waals surface area (Å²) in [4.78, 5) is 11.9. The second kappa shape index (κ2) is 8.07. The Bertz CT molecular complexity index is 612. The third kappa shape index (κ3) is 4.77. The lowest BCUT2D eigenvalue weighted by Gasteiger charge is -2.09. The standard InChI is InChI=1S/C15H18N2O2S2/c16-11-12-5-1-2-6-13(12)17-14(18)7-4-10-21(19)15-8-3-9-20-15/h1-3,5-6,8-9H,4,7,10-11,16H2,(H,17,18). The van der Waals surface area contributed by atoms with Crippen molar-refractivity contribution in [2.45, 2.75) is 23.6 Å². The minimum absolute atomic E-state index is 0.0703. The van der Waals surface area contributed by atoms with E-state index in [0.29, 0.717) is 25.1 Å². The lowest BCUT2D eigenvalue weighted by Crippen LogP contribution is -2.14. The normalized spacial score (nSPS) is 12.0. The van der Waals surface area contributed by atoms with Gasteiger partial charge in [0.1, 0.15) is 0 Å². The number of benzene rings is 1. The fourth-order valence-electron chi connectivity index (χ4n) is 1.89. The van der Waals surface area contributed by atoms with Crippen LogP contribution in [0.3, 0.4) is 0 Å². The molecule has 0 aliphatic rings. The summed E-state index contributed by atoms with van der Waals surface area (Å²) in [7, 11) is -1.00. The smallest absolute Gasteiger partial charge is 0.224 e. The Morgan fingerprint density at radius 1 is 1.24 bits per heavy atom. The predicted octanol–water partition coefficient (Wildman–Crippen LogP) is 2.73. The van der Waals surface area contributed by atoms with Crippen LogP contribution in [-0.4, -0.2) is 15.9 Å². The molecule has 0 aliphatic heterocycles. The van der Waals surface area contributed by atoms with E-state index in [1.165, 1.54) is 11.3 Å². The van der Waals surface area contributed by atoms with Crippen LogP contribution >= 0.6 is 11.3 Å². The highest BCUT2D eigenvalue weighted by Gasteiger charge is 2.08. The fourth-order valence-corrected chi connectivity index (χ4v) is 4.02. The molecule has 1 heterocycles. The number of para-hydroxylation sites is 1. The summed E-state index contributed by atoms with van der Waals surface area (Å²) in [6.07, 6.45) is 0.956. The van der Waals surface area contributed by atoms with Gasteiger partial charge in [0, 0.05) is 24.4 Å². The molecule has 6 heteroatoms. The number of carbonyl (C=O) groups excluding carboxylic acids is 1. The lowest BCUT2D eigenvalue weighted by atomic mass is 10.1. The highest BCUT2D eigenvalue weighted by molar-refractivity contribution is 7.87.